The van der Waals surface area contributed by atoms with E-state index in [1.807, 2.05) is 0 Å². The number of methoxy groups -OCH3 is 1. The number of benzene rings is 2. The van der Waals surface area contributed by atoms with Crippen molar-refractivity contribution < 1.29 is 41.3 Å². The fourth-order valence-electron chi connectivity index (χ4n) is 2.50. The first kappa shape index (κ1) is 20.2. The predicted octanol–water partition coefficient (Wildman–Crippen LogP) is 4.24. The zero-order valence-corrected chi connectivity index (χ0v) is 14.8. The first-order chi connectivity index (χ1) is 13.9. The molecule has 0 saturated heterocycles. The molecule has 0 fully saturated rings. The molecule has 2 aromatic rings. The lowest BCUT2D eigenvalue weighted by atomic mass is 10.1. The maximum atomic E-state index is 12.6. The van der Waals surface area contributed by atoms with Gasteiger partial charge in [-0.25, -0.2) is 9.79 Å². The normalized spacial score (nSPS) is 14.9. The van der Waals surface area contributed by atoms with Gasteiger partial charge in [0, 0.05) is 0 Å². The largest absolute Gasteiger partial charge is 0.493 e. The lowest BCUT2D eigenvalue weighted by Crippen LogP contribution is -2.10. The monoisotopic (exact) mass is 411 g/mol. The first-order valence-electron chi connectivity index (χ1n) is 8.07. The number of esters is 1. The van der Waals surface area contributed by atoms with Crippen LogP contribution in [0.2, 0.25) is 0 Å². The van der Waals surface area contributed by atoms with Crippen molar-refractivity contribution in [1.82, 2.24) is 0 Å². The van der Waals surface area contributed by atoms with E-state index in [1.54, 1.807) is 0 Å². The number of aliphatic imine (C=N–C) groups is 1. The molecule has 0 aromatic heterocycles. The van der Waals surface area contributed by atoms with Crippen LogP contribution in [0.4, 0.5) is 17.6 Å². The maximum Gasteiger partial charge on any atom is 0.387 e. The highest BCUT2D eigenvalue weighted by atomic mass is 19.3. The second-order valence-corrected chi connectivity index (χ2v) is 5.50. The van der Waals surface area contributed by atoms with Crippen molar-refractivity contribution in [3.8, 4) is 17.2 Å². The molecule has 29 heavy (non-hydrogen) atoms. The summed E-state index contributed by atoms with van der Waals surface area (Å²) < 4.78 is 69.0. The summed E-state index contributed by atoms with van der Waals surface area (Å²) in [6.45, 7) is -6.14. The molecule has 0 radical (unpaired) electrons. The number of nitrogens with zero attached hydrogens (tertiary/aromatic N) is 1. The average molecular weight is 411 g/mol. The molecule has 1 aliphatic rings. The number of hydrogen-bond acceptors (Lipinski definition) is 6. The van der Waals surface area contributed by atoms with Gasteiger partial charge in [-0.05, 0) is 35.9 Å². The van der Waals surface area contributed by atoms with Gasteiger partial charge in [0.1, 0.15) is 5.75 Å². The van der Waals surface area contributed by atoms with E-state index in [9.17, 15) is 22.4 Å². The lowest BCUT2D eigenvalue weighted by Gasteiger charge is -2.10. The summed E-state index contributed by atoms with van der Waals surface area (Å²) in [6.07, 6.45) is 1.27. The molecule has 6 nitrogen and oxygen atoms in total. The molecule has 2 aromatic carbocycles. The molecule has 1 heterocycles. The summed E-state index contributed by atoms with van der Waals surface area (Å²) >= 11 is 0. The van der Waals surface area contributed by atoms with Crippen molar-refractivity contribution in [3.05, 3.63) is 59.3 Å². The Labute approximate surface area is 162 Å². The van der Waals surface area contributed by atoms with Gasteiger partial charge in [0.15, 0.2) is 17.2 Å². The number of alkyl halides is 4. The summed E-state index contributed by atoms with van der Waals surface area (Å²) in [5.41, 5.74) is 0.191. The minimum Gasteiger partial charge on any atom is -0.493 e. The molecular weight excluding hydrogens is 398 g/mol. The number of halogens is 4. The third kappa shape index (κ3) is 4.84. The number of hydrogen-bond donors (Lipinski definition) is 0. The molecular formula is C19H13F4NO5. The van der Waals surface area contributed by atoms with Crippen LogP contribution in [0.1, 0.15) is 11.1 Å². The molecule has 0 amide bonds. The Morgan fingerprint density at radius 1 is 0.966 bits per heavy atom. The minimum atomic E-state index is -3.07. The van der Waals surface area contributed by atoms with E-state index >= 15 is 0 Å². The van der Waals surface area contributed by atoms with E-state index in [0.29, 0.717) is 5.56 Å². The van der Waals surface area contributed by atoms with Crippen molar-refractivity contribution in [1.29, 1.82) is 0 Å². The fraction of sp³-hybridized carbons (Fsp3) is 0.158. The lowest BCUT2D eigenvalue weighted by molar-refractivity contribution is -0.129. The molecule has 10 heteroatoms. The van der Waals surface area contributed by atoms with Crippen LogP contribution in [0.3, 0.4) is 0 Å². The second-order valence-electron chi connectivity index (χ2n) is 5.50. The van der Waals surface area contributed by atoms with Crippen LogP contribution < -0.4 is 14.2 Å². The van der Waals surface area contributed by atoms with Crippen molar-refractivity contribution in [2.24, 2.45) is 4.99 Å². The van der Waals surface area contributed by atoms with E-state index in [-0.39, 0.29) is 34.4 Å². The maximum absolute atomic E-state index is 12.6. The highest BCUT2D eigenvalue weighted by molar-refractivity contribution is 6.13. The third-order valence-electron chi connectivity index (χ3n) is 3.66. The summed E-state index contributed by atoms with van der Waals surface area (Å²) in [7, 11) is 1.29. The fourth-order valence-corrected chi connectivity index (χ4v) is 2.50. The smallest absolute Gasteiger partial charge is 0.387 e. The SMILES string of the molecule is COc1ccc(/C=C2/N=C(c3ccccc3OC(F)F)OC2=O)cc1OC(F)F. The second kappa shape index (κ2) is 8.63. The summed E-state index contributed by atoms with van der Waals surface area (Å²) in [4.78, 5) is 16.1. The topological polar surface area (TPSA) is 66.3 Å². The average Bonchev–Trinajstić information content (AvgIpc) is 3.02. The summed E-state index contributed by atoms with van der Waals surface area (Å²) in [5, 5.41) is 0. The Hall–Kier alpha value is -3.56. The number of ether oxygens (including phenoxy) is 4. The molecule has 0 atom stereocenters. The van der Waals surface area contributed by atoms with Gasteiger partial charge in [-0.2, -0.15) is 17.6 Å². The Bertz CT molecular complexity index is 975. The van der Waals surface area contributed by atoms with Gasteiger partial charge in [0.05, 0.1) is 12.7 Å². The number of rotatable bonds is 7. The summed E-state index contributed by atoms with van der Waals surface area (Å²) in [5.74, 6) is -1.45. The molecule has 0 saturated carbocycles. The van der Waals surface area contributed by atoms with E-state index in [4.69, 9.17) is 9.47 Å². The van der Waals surface area contributed by atoms with Crippen molar-refractivity contribution >= 4 is 17.9 Å². The minimum absolute atomic E-state index is 0.0565. The van der Waals surface area contributed by atoms with E-state index in [1.165, 1.54) is 55.7 Å². The van der Waals surface area contributed by atoms with Gasteiger partial charge >= 0.3 is 19.2 Å². The quantitative estimate of drug-likeness (QED) is 0.387. The van der Waals surface area contributed by atoms with Gasteiger partial charge < -0.3 is 18.9 Å². The van der Waals surface area contributed by atoms with Gasteiger partial charge in [0.2, 0.25) is 5.90 Å². The molecule has 3 rings (SSSR count). The standard InChI is InChI=1S/C19H13F4NO5/c1-26-14-7-6-10(9-15(14)28-19(22)23)8-12-17(25)29-16(24-12)11-4-2-3-5-13(11)27-18(20)21/h2-9,18-19H,1H3/b12-8+. The Morgan fingerprint density at radius 2 is 1.66 bits per heavy atom. The van der Waals surface area contributed by atoms with Crippen molar-refractivity contribution in [3.63, 3.8) is 0 Å². The van der Waals surface area contributed by atoms with Crippen molar-refractivity contribution in [2.75, 3.05) is 7.11 Å². The van der Waals surface area contributed by atoms with E-state index in [2.05, 4.69) is 14.5 Å². The highest BCUT2D eigenvalue weighted by Gasteiger charge is 2.27. The van der Waals surface area contributed by atoms with Crippen molar-refractivity contribution in [2.45, 2.75) is 13.2 Å². The van der Waals surface area contributed by atoms with E-state index < -0.39 is 19.2 Å². The molecule has 0 unspecified atom stereocenters. The molecule has 1 aliphatic heterocycles. The number of cyclic esters (lactones) is 1. The number of carbonyl (C=O) groups is 1. The van der Waals surface area contributed by atoms with E-state index in [0.717, 1.165) is 0 Å². The van der Waals surface area contributed by atoms with Crippen LogP contribution in [0.15, 0.2) is 53.2 Å². The van der Waals surface area contributed by atoms with Crippen LogP contribution in [0.5, 0.6) is 17.2 Å². The third-order valence-corrected chi connectivity index (χ3v) is 3.66. The Morgan fingerprint density at radius 3 is 2.34 bits per heavy atom. The highest BCUT2D eigenvalue weighted by Crippen LogP contribution is 2.31. The Balaban J connectivity index is 1.94. The van der Waals surface area contributed by atoms with Gasteiger partial charge in [-0.1, -0.05) is 18.2 Å². The summed E-state index contributed by atoms with van der Waals surface area (Å²) in [6, 6.07) is 9.76. The molecule has 0 bridgehead atoms. The van der Waals surface area contributed by atoms with Crippen LogP contribution >= 0.6 is 0 Å². The van der Waals surface area contributed by atoms with Gasteiger partial charge in [-0.15, -0.1) is 0 Å². The molecule has 0 aliphatic carbocycles. The number of para-hydroxylation sites is 1. The first-order valence-corrected chi connectivity index (χ1v) is 8.07. The zero-order valence-electron chi connectivity index (χ0n) is 14.8. The van der Waals surface area contributed by atoms with Crippen LogP contribution in [-0.4, -0.2) is 32.2 Å². The van der Waals surface area contributed by atoms with Gasteiger partial charge in [0.25, 0.3) is 0 Å². The predicted molar refractivity (Wildman–Crippen MR) is 93.3 cm³/mol. The molecule has 0 spiro atoms. The van der Waals surface area contributed by atoms with Crippen LogP contribution in [0, 0.1) is 0 Å². The van der Waals surface area contributed by atoms with Crippen LogP contribution in [-0.2, 0) is 9.53 Å². The zero-order chi connectivity index (χ0) is 21.0. The number of carbonyl (C=O) groups excluding carboxylic acids is 1. The molecule has 0 N–H and O–H groups in total. The van der Waals surface area contributed by atoms with Crippen LogP contribution in [0.25, 0.3) is 6.08 Å². The van der Waals surface area contributed by atoms with Gasteiger partial charge in [-0.3, -0.25) is 0 Å². The molecule has 152 valence electrons. The Kier molecular flexibility index (Phi) is 6.01.